The molecule has 0 aliphatic carbocycles. The van der Waals surface area contributed by atoms with Crippen LogP contribution in [0, 0.1) is 6.92 Å². The van der Waals surface area contributed by atoms with Crippen LogP contribution in [0.15, 0.2) is 60.7 Å². The van der Waals surface area contributed by atoms with E-state index in [1.807, 2.05) is 61.5 Å². The zero-order valence-electron chi connectivity index (χ0n) is 16.9. The number of hydrogen-bond donors (Lipinski definition) is 2. The van der Waals surface area contributed by atoms with Gasteiger partial charge < -0.3 is 24.4 Å². The van der Waals surface area contributed by atoms with Crippen molar-refractivity contribution in [1.82, 2.24) is 4.98 Å². The van der Waals surface area contributed by atoms with E-state index in [1.54, 1.807) is 20.3 Å². The van der Waals surface area contributed by atoms with Crippen LogP contribution in [0.1, 0.15) is 16.7 Å². The summed E-state index contributed by atoms with van der Waals surface area (Å²) in [5.41, 5.74) is 3.32. The van der Waals surface area contributed by atoms with Gasteiger partial charge in [0.15, 0.2) is 0 Å². The average Bonchev–Trinajstić information content (AvgIpc) is 2.74. The number of aromatic nitrogens is 1. The summed E-state index contributed by atoms with van der Waals surface area (Å²) in [5.74, 6) is 2.28. The molecule has 3 rings (SSSR count). The second kappa shape index (κ2) is 9.45. The van der Waals surface area contributed by atoms with Gasteiger partial charge in [0.25, 0.3) is 0 Å². The van der Waals surface area contributed by atoms with E-state index in [0.29, 0.717) is 18.9 Å². The minimum absolute atomic E-state index is 0.231. The molecule has 0 radical (unpaired) electrons. The summed E-state index contributed by atoms with van der Waals surface area (Å²) in [6.07, 6.45) is 0. The molecular weight excluding hydrogens is 367 g/mol. The van der Waals surface area contributed by atoms with Crippen molar-refractivity contribution in [1.29, 1.82) is 0 Å². The Morgan fingerprint density at radius 2 is 1.31 bits per heavy atom. The highest BCUT2D eigenvalue weighted by Crippen LogP contribution is 2.21. The number of rotatable bonds is 8. The molecule has 3 aromatic rings. The van der Waals surface area contributed by atoms with Gasteiger partial charge in [0.1, 0.15) is 17.3 Å². The zero-order chi connectivity index (χ0) is 20.8. The van der Waals surface area contributed by atoms with Gasteiger partial charge in [-0.15, -0.1) is 0 Å². The highest BCUT2D eigenvalue weighted by Gasteiger charge is 2.18. The largest absolute Gasteiger partial charge is 0.508 e. The standard InChI is InChI=1S/C22H25BN2O4/c1-16-12-21(23(26)27)24-22(13-16)25(14-17-4-8-19(28-2)9-5-17)15-18-6-10-20(29-3)11-7-18/h4-13,26-27H,14-15H2,1-3H3. The number of benzene rings is 2. The summed E-state index contributed by atoms with van der Waals surface area (Å²) in [6, 6.07) is 19.4. The lowest BCUT2D eigenvalue weighted by Gasteiger charge is -2.25. The average molecular weight is 392 g/mol. The fourth-order valence-electron chi connectivity index (χ4n) is 3.09. The van der Waals surface area contributed by atoms with Crippen LogP contribution in [-0.4, -0.2) is 36.4 Å². The second-order valence-electron chi connectivity index (χ2n) is 6.85. The van der Waals surface area contributed by atoms with E-state index in [4.69, 9.17) is 9.47 Å². The maximum Gasteiger partial charge on any atom is 0.508 e. The van der Waals surface area contributed by atoms with Crippen molar-refractivity contribution >= 4 is 18.5 Å². The van der Waals surface area contributed by atoms with Crippen LogP contribution >= 0.6 is 0 Å². The van der Waals surface area contributed by atoms with Gasteiger partial charge in [-0.2, -0.15) is 0 Å². The number of ether oxygens (including phenoxy) is 2. The molecule has 0 amide bonds. The molecule has 1 heterocycles. The van der Waals surface area contributed by atoms with Gasteiger partial charge in [-0.1, -0.05) is 24.3 Å². The maximum absolute atomic E-state index is 9.60. The Labute approximate surface area is 171 Å². The molecule has 150 valence electrons. The van der Waals surface area contributed by atoms with Gasteiger partial charge in [0.2, 0.25) is 0 Å². The normalized spacial score (nSPS) is 10.5. The SMILES string of the molecule is COc1ccc(CN(Cc2ccc(OC)cc2)c2cc(C)cc(B(O)O)n2)cc1. The summed E-state index contributed by atoms with van der Waals surface area (Å²) in [5, 5.41) is 19.2. The molecule has 0 bridgehead atoms. The van der Waals surface area contributed by atoms with Crippen LogP contribution in [0.4, 0.5) is 5.82 Å². The molecule has 0 fully saturated rings. The molecule has 0 saturated heterocycles. The molecule has 29 heavy (non-hydrogen) atoms. The lowest BCUT2D eigenvalue weighted by molar-refractivity contribution is 0.414. The monoisotopic (exact) mass is 392 g/mol. The number of nitrogens with zero attached hydrogens (tertiary/aromatic N) is 2. The molecule has 1 aromatic heterocycles. The van der Waals surface area contributed by atoms with E-state index >= 15 is 0 Å². The number of aryl methyl sites for hydroxylation is 1. The zero-order valence-corrected chi connectivity index (χ0v) is 16.9. The Hall–Kier alpha value is -3.03. The molecule has 7 heteroatoms. The molecule has 0 saturated carbocycles. The summed E-state index contributed by atoms with van der Waals surface area (Å²) in [4.78, 5) is 6.57. The first kappa shape index (κ1) is 20.7. The van der Waals surface area contributed by atoms with Crippen molar-refractivity contribution in [2.45, 2.75) is 20.0 Å². The van der Waals surface area contributed by atoms with Crippen LogP contribution in [-0.2, 0) is 13.1 Å². The first-order valence-corrected chi connectivity index (χ1v) is 9.34. The molecule has 0 aliphatic heterocycles. The van der Waals surface area contributed by atoms with Crippen molar-refractivity contribution in [3.63, 3.8) is 0 Å². The van der Waals surface area contributed by atoms with E-state index < -0.39 is 7.12 Å². The molecule has 0 atom stereocenters. The lowest BCUT2D eigenvalue weighted by Crippen LogP contribution is -2.35. The van der Waals surface area contributed by atoms with Gasteiger partial charge in [-0.05, 0) is 60.0 Å². The Bertz CT molecular complexity index is 881. The third-order valence-electron chi connectivity index (χ3n) is 4.63. The van der Waals surface area contributed by atoms with E-state index in [0.717, 1.165) is 28.2 Å². The Morgan fingerprint density at radius 1 is 0.828 bits per heavy atom. The minimum atomic E-state index is -1.61. The summed E-state index contributed by atoms with van der Waals surface area (Å²) >= 11 is 0. The van der Waals surface area contributed by atoms with E-state index in [9.17, 15) is 10.0 Å². The molecular formula is C22H25BN2O4. The number of pyridine rings is 1. The first-order valence-electron chi connectivity index (χ1n) is 9.34. The molecule has 0 unspecified atom stereocenters. The molecule has 0 aliphatic rings. The molecule has 2 N–H and O–H groups in total. The minimum Gasteiger partial charge on any atom is -0.497 e. The quantitative estimate of drug-likeness (QED) is 0.573. The van der Waals surface area contributed by atoms with Gasteiger partial charge in [-0.25, -0.2) is 4.98 Å². The van der Waals surface area contributed by atoms with Crippen LogP contribution in [0.5, 0.6) is 11.5 Å². The summed E-state index contributed by atoms with van der Waals surface area (Å²) < 4.78 is 10.5. The van der Waals surface area contributed by atoms with Crippen LogP contribution in [0.3, 0.4) is 0 Å². The van der Waals surface area contributed by atoms with E-state index in [-0.39, 0.29) is 5.59 Å². The first-order chi connectivity index (χ1) is 14.0. The number of hydrogen-bond acceptors (Lipinski definition) is 6. The maximum atomic E-state index is 9.60. The topological polar surface area (TPSA) is 75.1 Å². The fraction of sp³-hybridized carbons (Fsp3) is 0.227. The van der Waals surface area contributed by atoms with Crippen molar-refractivity contribution in [3.8, 4) is 11.5 Å². The smallest absolute Gasteiger partial charge is 0.497 e. The Balaban J connectivity index is 1.93. The molecule has 0 spiro atoms. The third kappa shape index (κ3) is 5.50. The predicted octanol–water partition coefficient (Wildman–Crippen LogP) is 2.29. The molecule has 6 nitrogen and oxygen atoms in total. The van der Waals surface area contributed by atoms with Gasteiger partial charge in [0.05, 0.1) is 19.8 Å². The Morgan fingerprint density at radius 3 is 1.72 bits per heavy atom. The second-order valence-corrected chi connectivity index (χ2v) is 6.85. The van der Waals surface area contributed by atoms with E-state index in [1.165, 1.54) is 0 Å². The van der Waals surface area contributed by atoms with Crippen LogP contribution < -0.4 is 20.0 Å². The lowest BCUT2D eigenvalue weighted by atomic mass is 9.85. The van der Waals surface area contributed by atoms with Crippen LogP contribution in [0.2, 0.25) is 0 Å². The highest BCUT2D eigenvalue weighted by molar-refractivity contribution is 6.57. The summed E-state index contributed by atoms with van der Waals surface area (Å²) in [6.45, 7) is 3.12. The fourth-order valence-corrected chi connectivity index (χ4v) is 3.09. The van der Waals surface area contributed by atoms with Crippen molar-refractivity contribution < 1.29 is 19.5 Å². The van der Waals surface area contributed by atoms with Gasteiger partial charge in [-0.3, -0.25) is 0 Å². The number of anilines is 1. The number of methoxy groups -OCH3 is 2. The van der Waals surface area contributed by atoms with Crippen molar-refractivity contribution in [2.24, 2.45) is 0 Å². The Kier molecular flexibility index (Phi) is 6.75. The van der Waals surface area contributed by atoms with E-state index in [2.05, 4.69) is 9.88 Å². The van der Waals surface area contributed by atoms with Crippen molar-refractivity contribution in [2.75, 3.05) is 19.1 Å². The van der Waals surface area contributed by atoms with Gasteiger partial charge in [0, 0.05) is 13.1 Å². The molecule has 2 aromatic carbocycles. The van der Waals surface area contributed by atoms with Crippen molar-refractivity contribution in [3.05, 3.63) is 77.4 Å². The highest BCUT2D eigenvalue weighted by atomic mass is 16.5. The third-order valence-corrected chi connectivity index (χ3v) is 4.63. The summed E-state index contributed by atoms with van der Waals surface area (Å²) in [7, 11) is 1.67. The van der Waals surface area contributed by atoms with Gasteiger partial charge >= 0.3 is 7.12 Å². The van der Waals surface area contributed by atoms with Crippen LogP contribution in [0.25, 0.3) is 0 Å². The predicted molar refractivity (Wildman–Crippen MR) is 115 cm³/mol.